The molecule has 0 unspecified atom stereocenters. The van der Waals surface area contributed by atoms with Crippen LogP contribution >= 0.6 is 23.3 Å². The Morgan fingerprint density at radius 1 is 1.25 bits per heavy atom. The number of aromatic nitrogens is 4. The fourth-order valence-electron chi connectivity index (χ4n) is 4.58. The van der Waals surface area contributed by atoms with Crippen molar-refractivity contribution < 1.29 is 13.9 Å². The zero-order valence-electron chi connectivity index (χ0n) is 20.4. The smallest absolute Gasteiger partial charge is 0.233 e. The summed E-state index contributed by atoms with van der Waals surface area (Å²) in [6, 6.07) is 4.21. The minimum Gasteiger partial charge on any atom is -0.377 e. The van der Waals surface area contributed by atoms with E-state index in [1.807, 2.05) is 29.6 Å². The van der Waals surface area contributed by atoms with Crippen molar-refractivity contribution in [3.05, 3.63) is 23.3 Å². The van der Waals surface area contributed by atoms with Crippen molar-refractivity contribution in [3.8, 4) is 5.13 Å². The Morgan fingerprint density at radius 2 is 2.03 bits per heavy atom. The highest BCUT2D eigenvalue weighted by atomic mass is 32.2. The fourth-order valence-corrected chi connectivity index (χ4v) is 6.41. The van der Waals surface area contributed by atoms with Gasteiger partial charge in [0.15, 0.2) is 0 Å². The monoisotopic (exact) mass is 531 g/mol. The summed E-state index contributed by atoms with van der Waals surface area (Å²) < 4.78 is 24.1. The number of rotatable bonds is 8. The summed E-state index contributed by atoms with van der Waals surface area (Å²) in [7, 11) is 0. The van der Waals surface area contributed by atoms with Crippen LogP contribution in [0.4, 0.5) is 10.1 Å². The van der Waals surface area contributed by atoms with Crippen molar-refractivity contribution in [1.29, 1.82) is 0 Å². The van der Waals surface area contributed by atoms with E-state index in [0.29, 0.717) is 32.2 Å². The summed E-state index contributed by atoms with van der Waals surface area (Å²) in [4.78, 5) is 17.7. The van der Waals surface area contributed by atoms with Gasteiger partial charge in [-0.15, -0.1) is 10.2 Å². The molecule has 0 atom stereocenters. The minimum atomic E-state index is -0.638. The summed E-state index contributed by atoms with van der Waals surface area (Å²) in [6.07, 6.45) is 4.24. The van der Waals surface area contributed by atoms with Crippen LogP contribution in [-0.4, -0.2) is 82.4 Å². The number of amides is 1. The third kappa shape index (κ3) is 4.48. The SMILES string of the molecule is CC(C)C(=O)N1CCN(c2cc(SNC3(CF)COC3)cc3c2cnn3-c2nnc(C3CC3)s2)CC1. The van der Waals surface area contributed by atoms with Crippen LogP contribution in [-0.2, 0) is 9.53 Å². The van der Waals surface area contributed by atoms with Gasteiger partial charge in [-0.1, -0.05) is 25.2 Å². The molecule has 3 fully saturated rings. The number of fused-ring (bicyclic) bond motifs is 1. The van der Waals surface area contributed by atoms with E-state index in [1.54, 1.807) is 11.3 Å². The van der Waals surface area contributed by atoms with Gasteiger partial charge in [0.1, 0.15) is 17.2 Å². The third-order valence-corrected chi connectivity index (χ3v) is 9.07. The molecule has 12 heteroatoms. The van der Waals surface area contributed by atoms with E-state index in [-0.39, 0.29) is 11.8 Å². The number of halogens is 1. The van der Waals surface area contributed by atoms with Crippen LogP contribution in [0.15, 0.2) is 23.2 Å². The highest BCUT2D eigenvalue weighted by Crippen LogP contribution is 2.42. The van der Waals surface area contributed by atoms with Crippen molar-refractivity contribution >= 4 is 45.8 Å². The Balaban J connectivity index is 1.32. The molecule has 9 nitrogen and oxygen atoms in total. The van der Waals surface area contributed by atoms with E-state index in [2.05, 4.69) is 32.0 Å². The molecule has 2 aromatic heterocycles. The van der Waals surface area contributed by atoms with Crippen LogP contribution in [0.1, 0.15) is 37.6 Å². The molecule has 3 aliphatic rings. The Labute approximate surface area is 217 Å². The van der Waals surface area contributed by atoms with E-state index >= 15 is 0 Å². The molecule has 0 bridgehead atoms. The van der Waals surface area contributed by atoms with Gasteiger partial charge in [0.05, 0.1) is 24.9 Å². The maximum atomic E-state index is 13.7. The highest BCUT2D eigenvalue weighted by Gasteiger charge is 2.39. The largest absolute Gasteiger partial charge is 0.377 e. The van der Waals surface area contributed by atoms with E-state index in [9.17, 15) is 9.18 Å². The lowest BCUT2D eigenvalue weighted by Crippen LogP contribution is -2.59. The predicted molar refractivity (Wildman–Crippen MR) is 139 cm³/mol. The summed E-state index contributed by atoms with van der Waals surface area (Å²) in [5.74, 6) is 0.733. The van der Waals surface area contributed by atoms with Gasteiger partial charge >= 0.3 is 0 Å². The van der Waals surface area contributed by atoms with Crippen molar-refractivity contribution in [2.45, 2.75) is 43.0 Å². The normalized spacial score (nSPS) is 19.8. The molecule has 36 heavy (non-hydrogen) atoms. The number of ether oxygens (including phenoxy) is 1. The van der Waals surface area contributed by atoms with E-state index < -0.39 is 12.2 Å². The molecule has 1 saturated carbocycles. The first-order valence-electron chi connectivity index (χ1n) is 12.4. The number of carbonyl (C=O) groups excluding carboxylic acids is 1. The number of piperazine rings is 1. The molecule has 0 radical (unpaired) electrons. The maximum Gasteiger partial charge on any atom is 0.233 e. The molecule has 2 aliphatic heterocycles. The topological polar surface area (TPSA) is 88.4 Å². The second-order valence-electron chi connectivity index (χ2n) is 10.2. The van der Waals surface area contributed by atoms with Crippen molar-refractivity contribution in [2.75, 3.05) is 51.0 Å². The first kappa shape index (κ1) is 24.1. The molecule has 1 N–H and O–H groups in total. The highest BCUT2D eigenvalue weighted by molar-refractivity contribution is 7.97. The van der Waals surface area contributed by atoms with Gasteiger partial charge in [0.2, 0.25) is 11.0 Å². The van der Waals surface area contributed by atoms with Crippen LogP contribution in [0.3, 0.4) is 0 Å². The van der Waals surface area contributed by atoms with E-state index in [0.717, 1.165) is 44.7 Å². The molecule has 192 valence electrons. The van der Waals surface area contributed by atoms with Gasteiger partial charge in [0.25, 0.3) is 0 Å². The molecule has 1 aliphatic carbocycles. The van der Waals surface area contributed by atoms with E-state index in [1.165, 1.54) is 24.8 Å². The molecule has 4 heterocycles. The minimum absolute atomic E-state index is 0.00182. The standard InChI is InChI=1S/C24H30FN7O2S2/c1-15(2)22(33)31-7-5-30(6-8-31)19-9-17(36-29-24(12-25)13-34-14-24)10-20-18(19)11-26-32(20)23-28-27-21(35-23)16-3-4-16/h9-11,15-16,29H,3-8,12-14H2,1-2H3. The first-order valence-corrected chi connectivity index (χ1v) is 14.1. The lowest BCUT2D eigenvalue weighted by atomic mass is 10.0. The molecular weight excluding hydrogens is 501 g/mol. The quantitative estimate of drug-likeness (QED) is 0.443. The summed E-state index contributed by atoms with van der Waals surface area (Å²) in [5, 5.41) is 16.4. The van der Waals surface area contributed by atoms with Crippen LogP contribution in [0, 0.1) is 5.92 Å². The second-order valence-corrected chi connectivity index (χ2v) is 12.1. The Hall–Kier alpha value is -2.28. The van der Waals surface area contributed by atoms with Gasteiger partial charge in [-0.2, -0.15) is 5.10 Å². The zero-order chi connectivity index (χ0) is 24.9. The Kier molecular flexibility index (Phi) is 6.39. The average Bonchev–Trinajstić information content (AvgIpc) is 3.45. The summed E-state index contributed by atoms with van der Waals surface area (Å²) in [5.41, 5.74) is 1.36. The molecule has 1 amide bonds. The Bertz CT molecular complexity index is 1260. The molecule has 3 aromatic rings. The zero-order valence-corrected chi connectivity index (χ0v) is 22.1. The maximum absolute atomic E-state index is 13.7. The van der Waals surface area contributed by atoms with Crippen molar-refractivity contribution in [2.24, 2.45) is 5.92 Å². The molecule has 0 spiro atoms. The number of hydrogen-bond donors (Lipinski definition) is 1. The number of carbonyl (C=O) groups is 1. The molecule has 2 saturated heterocycles. The predicted octanol–water partition coefficient (Wildman–Crippen LogP) is 3.39. The number of nitrogens with one attached hydrogen (secondary N) is 1. The average molecular weight is 532 g/mol. The van der Waals surface area contributed by atoms with Crippen molar-refractivity contribution in [3.63, 3.8) is 0 Å². The van der Waals surface area contributed by atoms with E-state index in [4.69, 9.17) is 9.84 Å². The number of nitrogens with zero attached hydrogens (tertiary/aromatic N) is 6. The third-order valence-electron chi connectivity index (χ3n) is 7.00. The Morgan fingerprint density at radius 3 is 2.67 bits per heavy atom. The number of anilines is 1. The van der Waals surface area contributed by atoms with Gasteiger partial charge < -0.3 is 14.5 Å². The van der Waals surface area contributed by atoms with Crippen LogP contribution < -0.4 is 9.62 Å². The van der Waals surface area contributed by atoms with Crippen LogP contribution in [0.5, 0.6) is 0 Å². The second kappa shape index (κ2) is 9.55. The summed E-state index contributed by atoms with van der Waals surface area (Å²) in [6.45, 7) is 7.00. The van der Waals surface area contributed by atoms with Gasteiger partial charge in [0, 0.05) is 54.0 Å². The fraction of sp³-hybridized carbons (Fsp3) is 0.583. The van der Waals surface area contributed by atoms with Gasteiger partial charge in [-0.3, -0.25) is 4.79 Å². The first-order chi connectivity index (χ1) is 17.5. The van der Waals surface area contributed by atoms with Crippen molar-refractivity contribution in [1.82, 2.24) is 29.6 Å². The van der Waals surface area contributed by atoms with Gasteiger partial charge in [-0.05, 0) is 36.9 Å². The number of hydrogen-bond acceptors (Lipinski definition) is 9. The number of alkyl halides is 1. The molecular formula is C24H30FN7O2S2. The van der Waals surface area contributed by atoms with Crippen LogP contribution in [0.2, 0.25) is 0 Å². The van der Waals surface area contributed by atoms with Crippen LogP contribution in [0.25, 0.3) is 16.0 Å². The lowest BCUT2D eigenvalue weighted by Gasteiger charge is -2.39. The number of benzene rings is 1. The molecule has 6 rings (SSSR count). The lowest BCUT2D eigenvalue weighted by molar-refractivity contribution is -0.134. The summed E-state index contributed by atoms with van der Waals surface area (Å²) >= 11 is 3.02. The molecule has 1 aromatic carbocycles. The van der Waals surface area contributed by atoms with Gasteiger partial charge in [-0.25, -0.2) is 13.8 Å².